The molecule has 1 amide bonds. The summed E-state index contributed by atoms with van der Waals surface area (Å²) in [6.07, 6.45) is 2.04. The Hall–Kier alpha value is -2.11. The lowest BCUT2D eigenvalue weighted by Gasteiger charge is -2.16. The van der Waals surface area contributed by atoms with E-state index in [1.54, 1.807) is 25.4 Å². The summed E-state index contributed by atoms with van der Waals surface area (Å²) in [5.74, 6) is -0.460. The van der Waals surface area contributed by atoms with Crippen LogP contribution >= 0.6 is 0 Å². The van der Waals surface area contributed by atoms with Crippen LogP contribution in [-0.4, -0.2) is 42.0 Å². The number of rotatable bonds is 6. The molecule has 6 heteroatoms. The van der Waals surface area contributed by atoms with Crippen molar-refractivity contribution in [2.75, 3.05) is 20.7 Å². The van der Waals surface area contributed by atoms with E-state index in [-0.39, 0.29) is 30.3 Å². The Morgan fingerprint density at radius 2 is 2.05 bits per heavy atom. The number of hydrogen-bond acceptors (Lipinski definition) is 4. The summed E-state index contributed by atoms with van der Waals surface area (Å²) in [7, 11) is 2.94. The molecule has 0 fully saturated rings. The second kappa shape index (κ2) is 7.35. The van der Waals surface area contributed by atoms with Crippen molar-refractivity contribution in [2.45, 2.75) is 19.4 Å². The molecule has 0 bridgehead atoms. The third-order valence-corrected chi connectivity index (χ3v) is 2.77. The molecule has 0 saturated carbocycles. The predicted molar refractivity (Wildman–Crippen MR) is 69.6 cm³/mol. The van der Waals surface area contributed by atoms with Crippen LogP contribution in [-0.2, 0) is 20.9 Å². The van der Waals surface area contributed by atoms with Gasteiger partial charge >= 0.3 is 5.97 Å². The summed E-state index contributed by atoms with van der Waals surface area (Å²) in [6.45, 7) is 0.649. The largest absolute Gasteiger partial charge is 0.469 e. The molecule has 0 aliphatic heterocycles. The van der Waals surface area contributed by atoms with Crippen molar-refractivity contribution in [2.24, 2.45) is 0 Å². The van der Waals surface area contributed by atoms with Crippen molar-refractivity contribution >= 4 is 11.9 Å². The fourth-order valence-electron chi connectivity index (χ4n) is 1.54. The number of aromatic nitrogens is 1. The minimum absolute atomic E-state index is 0.111. The van der Waals surface area contributed by atoms with Gasteiger partial charge in [0.15, 0.2) is 0 Å². The molecule has 0 aromatic carbocycles. The summed E-state index contributed by atoms with van der Waals surface area (Å²) in [5.41, 5.74) is -0.132. The van der Waals surface area contributed by atoms with Crippen LogP contribution < -0.4 is 5.56 Å². The van der Waals surface area contributed by atoms with Crippen LogP contribution in [0.5, 0.6) is 0 Å². The lowest BCUT2D eigenvalue weighted by molar-refractivity contribution is -0.141. The van der Waals surface area contributed by atoms with E-state index in [2.05, 4.69) is 4.74 Å². The van der Waals surface area contributed by atoms with Crippen LogP contribution in [0.2, 0.25) is 0 Å². The van der Waals surface area contributed by atoms with Gasteiger partial charge in [-0.2, -0.15) is 0 Å². The van der Waals surface area contributed by atoms with Gasteiger partial charge in [-0.1, -0.05) is 6.07 Å². The lowest BCUT2D eigenvalue weighted by atomic mass is 10.3. The van der Waals surface area contributed by atoms with E-state index >= 15 is 0 Å². The number of pyridine rings is 1. The molecule has 1 rings (SSSR count). The number of hydrogen-bond donors (Lipinski definition) is 0. The monoisotopic (exact) mass is 266 g/mol. The molecular formula is C13H18N2O4. The molecule has 0 aliphatic carbocycles. The van der Waals surface area contributed by atoms with Gasteiger partial charge in [0.2, 0.25) is 5.91 Å². The summed E-state index contributed by atoms with van der Waals surface area (Å²) in [4.78, 5) is 35.6. The Morgan fingerprint density at radius 1 is 1.32 bits per heavy atom. The molecule has 104 valence electrons. The zero-order valence-electron chi connectivity index (χ0n) is 11.2. The Bertz CT molecular complexity index is 495. The highest BCUT2D eigenvalue weighted by Crippen LogP contribution is 1.96. The van der Waals surface area contributed by atoms with Gasteiger partial charge in [0.05, 0.1) is 13.5 Å². The minimum Gasteiger partial charge on any atom is -0.469 e. The minimum atomic E-state index is -0.348. The van der Waals surface area contributed by atoms with E-state index in [9.17, 15) is 14.4 Å². The SMILES string of the molecule is COC(=O)CCN(C)C(=O)CCn1ccccc1=O. The van der Waals surface area contributed by atoms with Crippen molar-refractivity contribution in [3.63, 3.8) is 0 Å². The van der Waals surface area contributed by atoms with Gasteiger partial charge in [0.25, 0.3) is 5.56 Å². The molecule has 0 aliphatic rings. The average Bonchev–Trinajstić information content (AvgIpc) is 2.43. The number of nitrogens with zero attached hydrogens (tertiary/aromatic N) is 2. The highest BCUT2D eigenvalue weighted by atomic mass is 16.5. The van der Waals surface area contributed by atoms with E-state index in [0.29, 0.717) is 13.1 Å². The Morgan fingerprint density at radius 3 is 2.68 bits per heavy atom. The average molecular weight is 266 g/mol. The molecular weight excluding hydrogens is 248 g/mol. The molecule has 0 saturated heterocycles. The molecule has 19 heavy (non-hydrogen) atoms. The van der Waals surface area contributed by atoms with E-state index in [0.717, 1.165) is 0 Å². The molecule has 1 heterocycles. The van der Waals surface area contributed by atoms with Crippen molar-refractivity contribution in [3.8, 4) is 0 Å². The fraction of sp³-hybridized carbons (Fsp3) is 0.462. The van der Waals surface area contributed by atoms with Crippen LogP contribution in [0.25, 0.3) is 0 Å². The zero-order valence-corrected chi connectivity index (χ0v) is 11.2. The molecule has 0 unspecified atom stereocenters. The van der Waals surface area contributed by atoms with Crippen LogP contribution in [0, 0.1) is 0 Å². The van der Waals surface area contributed by atoms with Crippen LogP contribution in [0.4, 0.5) is 0 Å². The summed E-state index contributed by atoms with van der Waals surface area (Å²) < 4.78 is 5.98. The topological polar surface area (TPSA) is 68.6 Å². The van der Waals surface area contributed by atoms with Gasteiger partial charge in [-0.15, -0.1) is 0 Å². The van der Waals surface area contributed by atoms with Gasteiger partial charge < -0.3 is 14.2 Å². The number of carbonyl (C=O) groups is 2. The number of carbonyl (C=O) groups excluding carboxylic acids is 2. The number of ether oxygens (including phenoxy) is 1. The third kappa shape index (κ3) is 4.95. The zero-order chi connectivity index (χ0) is 14.3. The Kier molecular flexibility index (Phi) is 5.78. The Balaban J connectivity index is 2.41. The van der Waals surface area contributed by atoms with Gasteiger partial charge in [-0.3, -0.25) is 14.4 Å². The molecule has 0 N–H and O–H groups in total. The number of aryl methyl sites for hydroxylation is 1. The number of esters is 1. The first-order chi connectivity index (χ1) is 9.04. The summed E-state index contributed by atoms with van der Waals surface area (Å²) in [6, 6.07) is 4.85. The van der Waals surface area contributed by atoms with E-state index in [4.69, 9.17) is 0 Å². The molecule has 0 atom stereocenters. The first-order valence-corrected chi connectivity index (χ1v) is 6.01. The molecule has 0 radical (unpaired) electrons. The highest BCUT2D eigenvalue weighted by Gasteiger charge is 2.11. The quantitative estimate of drug-likeness (QED) is 0.693. The second-order valence-electron chi connectivity index (χ2n) is 4.12. The smallest absolute Gasteiger partial charge is 0.307 e. The van der Waals surface area contributed by atoms with Gasteiger partial charge in [-0.25, -0.2) is 0 Å². The van der Waals surface area contributed by atoms with Gasteiger partial charge in [0.1, 0.15) is 0 Å². The van der Waals surface area contributed by atoms with Crippen LogP contribution in [0.1, 0.15) is 12.8 Å². The Labute approximate surface area is 111 Å². The normalized spacial score (nSPS) is 10.0. The lowest BCUT2D eigenvalue weighted by Crippen LogP contribution is -2.31. The maximum absolute atomic E-state index is 11.8. The van der Waals surface area contributed by atoms with Gasteiger partial charge in [-0.05, 0) is 6.07 Å². The van der Waals surface area contributed by atoms with E-state index < -0.39 is 0 Å². The summed E-state index contributed by atoms with van der Waals surface area (Å²) in [5, 5.41) is 0. The summed E-state index contributed by atoms with van der Waals surface area (Å²) >= 11 is 0. The fourth-order valence-corrected chi connectivity index (χ4v) is 1.54. The third-order valence-electron chi connectivity index (χ3n) is 2.77. The predicted octanol–water partition coefficient (Wildman–Crippen LogP) is 0.260. The first kappa shape index (κ1) is 14.9. The van der Waals surface area contributed by atoms with Crippen LogP contribution in [0.3, 0.4) is 0 Å². The standard InChI is InChI=1S/C13H18N2O4/c1-14(9-7-13(18)19-2)11(16)6-10-15-8-4-3-5-12(15)17/h3-5,8H,6-7,9-10H2,1-2H3. The maximum Gasteiger partial charge on any atom is 0.307 e. The van der Waals surface area contributed by atoms with Crippen molar-refractivity contribution in [1.82, 2.24) is 9.47 Å². The van der Waals surface area contributed by atoms with E-state index in [1.807, 2.05) is 0 Å². The number of amides is 1. The maximum atomic E-state index is 11.8. The van der Waals surface area contributed by atoms with Crippen molar-refractivity contribution in [1.29, 1.82) is 0 Å². The number of methoxy groups -OCH3 is 1. The van der Waals surface area contributed by atoms with Crippen molar-refractivity contribution in [3.05, 3.63) is 34.7 Å². The van der Waals surface area contributed by atoms with Crippen LogP contribution in [0.15, 0.2) is 29.2 Å². The second-order valence-corrected chi connectivity index (χ2v) is 4.12. The highest BCUT2D eigenvalue weighted by molar-refractivity contribution is 5.76. The first-order valence-electron chi connectivity index (χ1n) is 6.01. The molecule has 6 nitrogen and oxygen atoms in total. The van der Waals surface area contributed by atoms with Crippen molar-refractivity contribution < 1.29 is 14.3 Å². The van der Waals surface area contributed by atoms with E-state index in [1.165, 1.54) is 22.6 Å². The molecule has 0 spiro atoms. The molecule has 1 aromatic heterocycles. The van der Waals surface area contributed by atoms with Gasteiger partial charge in [0, 0.05) is 38.8 Å². The molecule has 1 aromatic rings.